The molecule has 8 nitrogen and oxygen atoms in total. The quantitative estimate of drug-likeness (QED) is 0.0753. The van der Waals surface area contributed by atoms with Crippen LogP contribution in [0.2, 0.25) is 0 Å². The van der Waals surface area contributed by atoms with Gasteiger partial charge >= 0.3 is 5.97 Å². The molecule has 2 bridgehead atoms. The number of likely N-dealkylation sites (tertiary alicyclic amines) is 1. The third kappa shape index (κ3) is 6.01. The molecule has 1 saturated carbocycles. The first-order valence-corrected chi connectivity index (χ1v) is 17.8. The Morgan fingerprint density at radius 1 is 0.811 bits per heavy atom. The number of pyridine rings is 2. The molecule has 262 valence electrons. The van der Waals surface area contributed by atoms with E-state index in [9.17, 15) is 19.5 Å². The second-order valence-electron chi connectivity index (χ2n) is 13.7. The Morgan fingerprint density at radius 3 is 2.09 bits per heavy atom. The van der Waals surface area contributed by atoms with E-state index >= 15 is 0 Å². The van der Waals surface area contributed by atoms with Gasteiger partial charge in [0.05, 0.1) is 29.8 Å². The highest BCUT2D eigenvalue weighted by Crippen LogP contribution is 2.64. The van der Waals surface area contributed by atoms with Crippen LogP contribution in [0.4, 0.5) is 0 Å². The van der Waals surface area contributed by atoms with Gasteiger partial charge < -0.3 is 9.84 Å². The molecule has 2 aromatic heterocycles. The number of rotatable bonds is 10. The number of esters is 1. The van der Waals surface area contributed by atoms with Crippen molar-refractivity contribution >= 4 is 29.4 Å². The molecule has 53 heavy (non-hydrogen) atoms. The minimum atomic E-state index is -1.71. The second-order valence-corrected chi connectivity index (χ2v) is 13.7. The Morgan fingerprint density at radius 2 is 1.43 bits per heavy atom. The van der Waals surface area contributed by atoms with E-state index in [1.165, 1.54) is 11.0 Å². The standard InChI is InChI=1S/C45H37N3O5/c1-29(53-37(49)24-23-30-15-5-2-6-16-30)28-48-43(50)40-33-27-34(45(52,32-19-9-4-10-20-32)36-22-12-14-26-47-36)41(42(40)44(48)51)39(33)38(31-17-7-3-8-18-31)35-21-11-13-25-46-35/h2-27,29,33,40-42,52H,28H2,1H3/b24-23+,39-38?/t29?,33-,40-,41+,42-,45?/m0/s1. The number of carbonyl (C=O) groups is 3. The molecule has 8 heteroatoms. The fourth-order valence-electron chi connectivity index (χ4n) is 8.35. The predicted octanol–water partition coefficient (Wildman–Crippen LogP) is 6.65. The Kier molecular flexibility index (Phi) is 8.98. The van der Waals surface area contributed by atoms with Crippen LogP contribution in [0.3, 0.4) is 0 Å². The third-order valence-electron chi connectivity index (χ3n) is 10.5. The van der Waals surface area contributed by atoms with Crippen LogP contribution in [-0.4, -0.2) is 50.4 Å². The van der Waals surface area contributed by atoms with Crippen molar-refractivity contribution in [1.82, 2.24) is 14.9 Å². The molecule has 0 radical (unpaired) electrons. The maximum Gasteiger partial charge on any atom is 0.331 e. The van der Waals surface area contributed by atoms with E-state index in [0.717, 1.165) is 22.3 Å². The lowest BCUT2D eigenvalue weighted by atomic mass is 9.71. The lowest BCUT2D eigenvalue weighted by Crippen LogP contribution is -2.40. The monoisotopic (exact) mass is 699 g/mol. The number of imide groups is 1. The molecule has 3 aromatic carbocycles. The summed E-state index contributed by atoms with van der Waals surface area (Å²) in [5.74, 6) is -3.95. The molecule has 2 aliphatic carbocycles. The number of benzene rings is 3. The number of fused-ring (bicyclic) bond motifs is 5. The minimum absolute atomic E-state index is 0.0849. The van der Waals surface area contributed by atoms with Crippen LogP contribution in [-0.2, 0) is 24.7 Å². The van der Waals surface area contributed by atoms with Gasteiger partial charge in [-0.2, -0.15) is 0 Å². The molecule has 1 saturated heterocycles. The summed E-state index contributed by atoms with van der Waals surface area (Å²) in [7, 11) is 0. The Hall–Kier alpha value is -6.25. The number of hydrogen-bond acceptors (Lipinski definition) is 7. The minimum Gasteiger partial charge on any atom is -0.458 e. The van der Waals surface area contributed by atoms with E-state index in [-0.39, 0.29) is 18.4 Å². The maximum atomic E-state index is 14.7. The molecule has 2 fully saturated rings. The van der Waals surface area contributed by atoms with Crippen LogP contribution in [0.15, 0.2) is 163 Å². The number of carbonyl (C=O) groups excluding carboxylic acids is 3. The molecule has 1 aliphatic heterocycles. The van der Waals surface area contributed by atoms with Gasteiger partial charge in [-0.3, -0.25) is 24.5 Å². The molecule has 1 N–H and O–H groups in total. The van der Waals surface area contributed by atoms with Crippen LogP contribution in [0.25, 0.3) is 11.6 Å². The zero-order valence-electron chi connectivity index (χ0n) is 29.0. The first-order valence-electron chi connectivity index (χ1n) is 17.8. The maximum absolute atomic E-state index is 14.7. The molecule has 2 amide bonds. The van der Waals surface area contributed by atoms with Crippen LogP contribution >= 0.6 is 0 Å². The highest BCUT2D eigenvalue weighted by molar-refractivity contribution is 6.08. The van der Waals surface area contributed by atoms with Gasteiger partial charge in [0.2, 0.25) is 11.8 Å². The Bertz CT molecular complexity index is 2160. The van der Waals surface area contributed by atoms with Crippen molar-refractivity contribution in [2.24, 2.45) is 23.7 Å². The first-order chi connectivity index (χ1) is 25.9. The SMILES string of the molecule is CC(CN1C(=O)[C@@H]2[C@@H]3C(C(O)(c4ccccc4)c4ccccn4)=C[C@@H](C3=C(c3ccccc3)c3ccccn3)[C@@H]2C1=O)OC(=O)/C=C/c1ccccc1. The fraction of sp³-hybridized carbons (Fsp3) is 0.178. The smallest absolute Gasteiger partial charge is 0.331 e. The van der Waals surface area contributed by atoms with Gasteiger partial charge in [-0.05, 0) is 65.1 Å². The molecule has 8 rings (SSSR count). The predicted molar refractivity (Wildman–Crippen MR) is 200 cm³/mol. The van der Waals surface area contributed by atoms with Crippen molar-refractivity contribution in [2.75, 3.05) is 6.54 Å². The summed E-state index contributed by atoms with van der Waals surface area (Å²) < 4.78 is 5.64. The molecule has 3 heterocycles. The summed E-state index contributed by atoms with van der Waals surface area (Å²) in [6.45, 7) is 1.59. The number of aliphatic hydroxyl groups is 1. The van der Waals surface area contributed by atoms with Gasteiger partial charge in [-0.25, -0.2) is 4.79 Å². The van der Waals surface area contributed by atoms with E-state index < -0.39 is 41.3 Å². The average molecular weight is 700 g/mol. The molecule has 2 unspecified atom stereocenters. The number of aromatic nitrogens is 2. The highest BCUT2D eigenvalue weighted by atomic mass is 16.5. The largest absolute Gasteiger partial charge is 0.458 e. The summed E-state index contributed by atoms with van der Waals surface area (Å²) in [5.41, 5.74) is 4.06. The summed E-state index contributed by atoms with van der Waals surface area (Å²) in [4.78, 5) is 52.5. The van der Waals surface area contributed by atoms with E-state index in [1.807, 2.05) is 121 Å². The van der Waals surface area contributed by atoms with Gasteiger partial charge in [0.1, 0.15) is 6.10 Å². The molecule has 6 atom stereocenters. The highest BCUT2D eigenvalue weighted by Gasteiger charge is 2.66. The second kappa shape index (κ2) is 14.1. The number of nitrogens with zero attached hydrogens (tertiary/aromatic N) is 3. The lowest BCUT2D eigenvalue weighted by molar-refractivity contribution is -0.149. The summed E-state index contributed by atoms with van der Waals surface area (Å²) in [6, 6.07) is 39.7. The molecular formula is C45H37N3O5. The molecule has 0 spiro atoms. The van der Waals surface area contributed by atoms with Gasteiger partial charge in [0.15, 0.2) is 5.60 Å². The molecule has 5 aromatic rings. The zero-order chi connectivity index (χ0) is 36.5. The van der Waals surface area contributed by atoms with Crippen molar-refractivity contribution < 1.29 is 24.2 Å². The zero-order valence-corrected chi connectivity index (χ0v) is 29.0. The van der Waals surface area contributed by atoms with Gasteiger partial charge in [-0.15, -0.1) is 0 Å². The summed E-state index contributed by atoms with van der Waals surface area (Å²) >= 11 is 0. The van der Waals surface area contributed by atoms with Crippen molar-refractivity contribution in [1.29, 1.82) is 0 Å². The summed E-state index contributed by atoms with van der Waals surface area (Å²) in [6.07, 6.45) is 7.61. The molecule has 3 aliphatic rings. The van der Waals surface area contributed by atoms with Gasteiger partial charge in [0, 0.05) is 35.9 Å². The van der Waals surface area contributed by atoms with Crippen molar-refractivity contribution in [3.05, 3.63) is 191 Å². The van der Waals surface area contributed by atoms with Crippen LogP contribution < -0.4 is 0 Å². The van der Waals surface area contributed by atoms with Crippen LogP contribution in [0.1, 0.15) is 35.0 Å². The van der Waals surface area contributed by atoms with E-state index in [0.29, 0.717) is 22.5 Å². The van der Waals surface area contributed by atoms with Crippen LogP contribution in [0, 0.1) is 23.7 Å². The Balaban J connectivity index is 1.21. The Labute approximate surface area is 307 Å². The van der Waals surface area contributed by atoms with E-state index in [2.05, 4.69) is 4.98 Å². The van der Waals surface area contributed by atoms with Crippen molar-refractivity contribution in [2.45, 2.75) is 18.6 Å². The molecular weight excluding hydrogens is 663 g/mol. The van der Waals surface area contributed by atoms with E-state index in [1.54, 1.807) is 37.5 Å². The number of amides is 2. The van der Waals surface area contributed by atoms with Crippen molar-refractivity contribution in [3.63, 3.8) is 0 Å². The third-order valence-corrected chi connectivity index (χ3v) is 10.5. The van der Waals surface area contributed by atoms with Gasteiger partial charge in [-0.1, -0.05) is 109 Å². The fourth-order valence-corrected chi connectivity index (χ4v) is 8.35. The average Bonchev–Trinajstić information content (AvgIpc) is 3.82. The number of hydrogen-bond donors (Lipinski definition) is 1. The van der Waals surface area contributed by atoms with Gasteiger partial charge in [0.25, 0.3) is 0 Å². The lowest BCUT2D eigenvalue weighted by Gasteiger charge is -2.36. The normalized spacial score (nSPS) is 23.1. The summed E-state index contributed by atoms with van der Waals surface area (Å²) in [5, 5.41) is 13.1. The number of allylic oxidation sites excluding steroid dienone is 2. The van der Waals surface area contributed by atoms with E-state index in [4.69, 9.17) is 9.72 Å². The van der Waals surface area contributed by atoms with Crippen LogP contribution in [0.5, 0.6) is 0 Å². The topological polar surface area (TPSA) is 110 Å². The van der Waals surface area contributed by atoms with Crippen molar-refractivity contribution in [3.8, 4) is 0 Å². The number of ether oxygens (including phenoxy) is 1. The first kappa shape index (κ1) is 33.9.